The molecule has 0 aliphatic heterocycles. The molecule has 0 saturated heterocycles. The molecule has 1 aromatic heterocycles. The Bertz CT molecular complexity index is 851. The fraction of sp³-hybridized carbons (Fsp3) is 0.211. The number of benzene rings is 2. The number of H-pyrrole nitrogens is 1. The number of nitrogens with one attached hydrogen (secondary N) is 2. The first-order valence-electron chi connectivity index (χ1n) is 8.11. The number of nitrogens with zero attached hydrogens (tertiary/aromatic N) is 1. The molecular formula is C19H19ClFN3O2. The fourth-order valence-electron chi connectivity index (χ4n) is 3.03. The lowest BCUT2D eigenvalue weighted by Gasteiger charge is -2.34. The Labute approximate surface area is 155 Å². The maximum absolute atomic E-state index is 13.6. The highest BCUT2D eigenvalue weighted by Crippen LogP contribution is 2.39. The SMILES string of the molecule is C[C@H](Cc1cnc[nH]1)NC(O)(c1ccccc1)c1c(O)cc(F)cc1Cl. The Kier molecular flexibility index (Phi) is 5.27. The normalized spacial score (nSPS) is 14.8. The molecule has 0 spiro atoms. The minimum atomic E-state index is -1.81. The van der Waals surface area contributed by atoms with Gasteiger partial charge in [0.2, 0.25) is 0 Å². The van der Waals surface area contributed by atoms with E-state index in [1.807, 2.05) is 13.0 Å². The number of imidazole rings is 1. The van der Waals surface area contributed by atoms with Crippen LogP contribution in [0.15, 0.2) is 55.0 Å². The lowest BCUT2D eigenvalue weighted by atomic mass is 9.92. The Morgan fingerprint density at radius 3 is 2.65 bits per heavy atom. The number of hydrogen-bond donors (Lipinski definition) is 4. The lowest BCUT2D eigenvalue weighted by molar-refractivity contribution is 0.0299. The second kappa shape index (κ2) is 7.45. The van der Waals surface area contributed by atoms with E-state index in [1.54, 1.807) is 36.8 Å². The molecule has 0 fully saturated rings. The molecule has 136 valence electrons. The number of aromatic nitrogens is 2. The van der Waals surface area contributed by atoms with Gasteiger partial charge in [-0.1, -0.05) is 41.9 Å². The van der Waals surface area contributed by atoms with Gasteiger partial charge in [0.25, 0.3) is 0 Å². The van der Waals surface area contributed by atoms with Gasteiger partial charge in [0, 0.05) is 36.0 Å². The number of phenolic OH excluding ortho intramolecular Hbond substituents is 1. The zero-order valence-electron chi connectivity index (χ0n) is 14.1. The van der Waals surface area contributed by atoms with Crippen LogP contribution in [0.1, 0.15) is 23.7 Å². The van der Waals surface area contributed by atoms with Gasteiger partial charge in [-0.05, 0) is 13.0 Å². The summed E-state index contributed by atoms with van der Waals surface area (Å²) in [5, 5.41) is 24.8. The van der Waals surface area contributed by atoms with Crippen molar-refractivity contribution in [2.24, 2.45) is 0 Å². The molecule has 4 N–H and O–H groups in total. The maximum Gasteiger partial charge on any atom is 0.173 e. The second-order valence-electron chi connectivity index (χ2n) is 6.18. The summed E-state index contributed by atoms with van der Waals surface area (Å²) in [5.41, 5.74) is -0.450. The highest BCUT2D eigenvalue weighted by atomic mass is 35.5. The van der Waals surface area contributed by atoms with E-state index in [0.717, 1.165) is 17.8 Å². The predicted molar refractivity (Wildman–Crippen MR) is 97.4 cm³/mol. The van der Waals surface area contributed by atoms with Gasteiger partial charge in [-0.3, -0.25) is 5.32 Å². The van der Waals surface area contributed by atoms with Crippen molar-refractivity contribution in [1.29, 1.82) is 0 Å². The van der Waals surface area contributed by atoms with Crippen LogP contribution in [0.25, 0.3) is 0 Å². The number of hydrogen-bond acceptors (Lipinski definition) is 4. The van der Waals surface area contributed by atoms with Crippen LogP contribution in [0.4, 0.5) is 4.39 Å². The Hall–Kier alpha value is -2.41. The topological polar surface area (TPSA) is 81.2 Å². The molecular weight excluding hydrogens is 357 g/mol. The van der Waals surface area contributed by atoms with Gasteiger partial charge in [0.15, 0.2) is 5.72 Å². The smallest absolute Gasteiger partial charge is 0.173 e. The van der Waals surface area contributed by atoms with E-state index in [-0.39, 0.29) is 16.6 Å². The van der Waals surface area contributed by atoms with E-state index in [2.05, 4.69) is 15.3 Å². The average Bonchev–Trinajstić information content (AvgIpc) is 3.07. The van der Waals surface area contributed by atoms with Crippen molar-refractivity contribution in [2.75, 3.05) is 0 Å². The van der Waals surface area contributed by atoms with Crippen LogP contribution in [0, 0.1) is 5.82 Å². The van der Waals surface area contributed by atoms with Gasteiger partial charge in [-0.15, -0.1) is 0 Å². The van der Waals surface area contributed by atoms with Gasteiger partial charge >= 0.3 is 0 Å². The fourth-order valence-corrected chi connectivity index (χ4v) is 3.37. The van der Waals surface area contributed by atoms with Crippen LogP contribution in [-0.4, -0.2) is 26.2 Å². The van der Waals surface area contributed by atoms with Crippen molar-refractivity contribution in [2.45, 2.75) is 25.1 Å². The van der Waals surface area contributed by atoms with Crippen LogP contribution in [0.3, 0.4) is 0 Å². The summed E-state index contributed by atoms with van der Waals surface area (Å²) in [5.74, 6) is -1.11. The molecule has 5 nitrogen and oxygen atoms in total. The van der Waals surface area contributed by atoms with Gasteiger partial charge < -0.3 is 15.2 Å². The molecule has 0 bridgehead atoms. The minimum Gasteiger partial charge on any atom is -0.507 e. The zero-order chi connectivity index (χ0) is 18.7. The summed E-state index contributed by atoms with van der Waals surface area (Å²) in [7, 11) is 0. The number of rotatable bonds is 6. The molecule has 0 saturated carbocycles. The number of halogens is 2. The number of phenols is 1. The number of aromatic hydroxyl groups is 1. The van der Waals surface area contributed by atoms with E-state index in [4.69, 9.17) is 11.6 Å². The van der Waals surface area contributed by atoms with Crippen LogP contribution >= 0.6 is 11.6 Å². The molecule has 0 amide bonds. The van der Waals surface area contributed by atoms with E-state index in [0.29, 0.717) is 12.0 Å². The van der Waals surface area contributed by atoms with E-state index in [9.17, 15) is 14.6 Å². The largest absolute Gasteiger partial charge is 0.507 e. The van der Waals surface area contributed by atoms with Gasteiger partial charge in [0.1, 0.15) is 11.6 Å². The van der Waals surface area contributed by atoms with Crippen LogP contribution in [0.2, 0.25) is 5.02 Å². The van der Waals surface area contributed by atoms with Crippen molar-refractivity contribution in [3.63, 3.8) is 0 Å². The predicted octanol–water partition coefficient (Wildman–Crippen LogP) is 3.32. The average molecular weight is 376 g/mol. The van der Waals surface area contributed by atoms with Gasteiger partial charge in [-0.25, -0.2) is 9.37 Å². The number of aromatic amines is 1. The summed E-state index contributed by atoms with van der Waals surface area (Å²) < 4.78 is 13.6. The first kappa shape index (κ1) is 18.4. The van der Waals surface area contributed by atoms with Crippen molar-refractivity contribution in [3.05, 3.63) is 82.6 Å². The molecule has 2 aromatic carbocycles. The molecule has 2 atom stereocenters. The van der Waals surface area contributed by atoms with Crippen molar-refractivity contribution < 1.29 is 14.6 Å². The lowest BCUT2D eigenvalue weighted by Crippen LogP contribution is -2.48. The summed E-state index contributed by atoms with van der Waals surface area (Å²) >= 11 is 6.18. The molecule has 1 unspecified atom stereocenters. The Morgan fingerprint density at radius 1 is 1.31 bits per heavy atom. The quantitative estimate of drug-likeness (QED) is 0.498. The second-order valence-corrected chi connectivity index (χ2v) is 6.59. The van der Waals surface area contributed by atoms with Crippen molar-refractivity contribution >= 4 is 11.6 Å². The first-order valence-corrected chi connectivity index (χ1v) is 8.49. The Balaban J connectivity index is 2.03. The van der Waals surface area contributed by atoms with Crippen LogP contribution in [-0.2, 0) is 12.1 Å². The monoisotopic (exact) mass is 375 g/mol. The molecule has 0 aliphatic rings. The van der Waals surface area contributed by atoms with Crippen molar-refractivity contribution in [3.8, 4) is 5.75 Å². The molecule has 7 heteroatoms. The summed E-state index contributed by atoms with van der Waals surface area (Å²) in [4.78, 5) is 6.98. The maximum atomic E-state index is 13.6. The third kappa shape index (κ3) is 3.72. The minimum absolute atomic E-state index is 0.00299. The molecule has 3 aromatic rings. The highest BCUT2D eigenvalue weighted by molar-refractivity contribution is 6.31. The Morgan fingerprint density at radius 2 is 2.04 bits per heavy atom. The van der Waals surface area contributed by atoms with Crippen molar-refractivity contribution in [1.82, 2.24) is 15.3 Å². The molecule has 0 radical (unpaired) electrons. The van der Waals surface area contributed by atoms with E-state index in [1.165, 1.54) is 0 Å². The standard InChI is InChI=1S/C19H19ClFN3O2/c1-12(7-15-10-22-11-23-15)24-19(26,13-5-3-2-4-6-13)18-16(20)8-14(21)9-17(18)25/h2-6,8-12,24-26H,7H2,1H3,(H,22,23)/t12-,19?/m1/s1. The number of aliphatic hydroxyl groups is 1. The summed E-state index contributed by atoms with van der Waals surface area (Å²) in [6, 6.07) is 10.5. The molecule has 1 heterocycles. The summed E-state index contributed by atoms with van der Waals surface area (Å²) in [6.45, 7) is 1.88. The zero-order valence-corrected chi connectivity index (χ0v) is 14.8. The molecule has 26 heavy (non-hydrogen) atoms. The highest BCUT2D eigenvalue weighted by Gasteiger charge is 2.37. The van der Waals surface area contributed by atoms with Crippen LogP contribution in [0.5, 0.6) is 5.75 Å². The van der Waals surface area contributed by atoms with E-state index >= 15 is 0 Å². The van der Waals surface area contributed by atoms with Crippen LogP contribution < -0.4 is 5.32 Å². The first-order chi connectivity index (χ1) is 12.4. The molecule has 0 aliphatic carbocycles. The third-order valence-electron chi connectivity index (χ3n) is 4.12. The third-order valence-corrected chi connectivity index (χ3v) is 4.42. The van der Waals surface area contributed by atoms with Gasteiger partial charge in [0.05, 0.1) is 16.9 Å². The van der Waals surface area contributed by atoms with Gasteiger partial charge in [-0.2, -0.15) is 0 Å². The molecule has 3 rings (SSSR count). The van der Waals surface area contributed by atoms with E-state index < -0.39 is 17.3 Å². The summed E-state index contributed by atoms with van der Waals surface area (Å²) in [6.07, 6.45) is 3.82.